The van der Waals surface area contributed by atoms with Gasteiger partial charge in [0, 0.05) is 59.7 Å². The average Bonchev–Trinajstić information content (AvgIpc) is 4.08. The first-order chi connectivity index (χ1) is 30.5. The van der Waals surface area contributed by atoms with Crippen LogP contribution in [0.1, 0.15) is 171 Å². The molecule has 0 amide bonds. The molecule has 0 bridgehead atoms. The van der Waals surface area contributed by atoms with Crippen molar-refractivity contribution in [2.24, 2.45) is 90.1 Å². The lowest BCUT2D eigenvalue weighted by Gasteiger charge is -2.63. The molecule has 2 saturated heterocycles. The summed E-state index contributed by atoms with van der Waals surface area (Å²) < 4.78 is 12.6. The highest BCUT2D eigenvalue weighted by atomic mass is 16.6. The lowest BCUT2D eigenvalue weighted by Crippen LogP contribution is -2.58. The SMILES string of the molecule is CC1(C)/C(=N/O[C@@H]2CCNC2)CC[C@@]2(C)C1CC[C@@H]1[C@H]2CC[C@]2(C)C(OC(=O)/C=C/C(=O)OC3CC[C@H]4[C@@H]5CCC6C(C)(C)/C(=N/O[C@@H]7CCNC7)CC[C@]6(C)[C@@H]5CC[C@]34C)CC[C@@H]12. The Morgan fingerprint density at radius 3 is 1.30 bits per heavy atom. The maximum atomic E-state index is 13.5. The van der Waals surface area contributed by atoms with Crippen LogP contribution >= 0.6 is 0 Å². The van der Waals surface area contributed by atoms with Crippen molar-refractivity contribution >= 4 is 23.4 Å². The van der Waals surface area contributed by atoms with Crippen LogP contribution in [-0.4, -0.2) is 74.0 Å². The molecule has 0 aromatic heterocycles. The zero-order valence-electron chi connectivity index (χ0n) is 41.0. The third kappa shape index (κ3) is 7.36. The van der Waals surface area contributed by atoms with Gasteiger partial charge in [0.05, 0.1) is 11.4 Å². The first-order valence-corrected chi connectivity index (χ1v) is 26.5. The van der Waals surface area contributed by atoms with Crippen LogP contribution in [-0.2, 0) is 28.7 Å². The summed E-state index contributed by atoms with van der Waals surface area (Å²) in [7, 11) is 0. The molecule has 0 spiro atoms. The highest BCUT2D eigenvalue weighted by molar-refractivity contribution is 5.92. The first-order valence-electron chi connectivity index (χ1n) is 26.5. The number of carbonyl (C=O) groups excluding carboxylic acids is 2. The second-order valence-corrected chi connectivity index (χ2v) is 25.4. The van der Waals surface area contributed by atoms with Gasteiger partial charge in [-0.05, 0) is 174 Å². The number of rotatable bonds is 8. The predicted octanol–water partition coefficient (Wildman–Crippen LogP) is 10.2. The Kier molecular flexibility index (Phi) is 11.8. The van der Waals surface area contributed by atoms with Gasteiger partial charge in [0.15, 0.2) is 0 Å². The molecule has 2 aliphatic heterocycles. The fraction of sp³-hybridized carbons (Fsp3) is 0.889. The highest BCUT2D eigenvalue weighted by Crippen LogP contribution is 2.70. The van der Waals surface area contributed by atoms with Crippen LogP contribution in [0, 0.1) is 79.8 Å². The van der Waals surface area contributed by atoms with Crippen molar-refractivity contribution in [1.82, 2.24) is 10.6 Å². The van der Waals surface area contributed by atoms with Gasteiger partial charge in [0.1, 0.15) is 24.4 Å². The molecule has 10 aliphatic rings. The van der Waals surface area contributed by atoms with Gasteiger partial charge < -0.3 is 29.8 Å². The van der Waals surface area contributed by atoms with Crippen molar-refractivity contribution in [2.75, 3.05) is 26.2 Å². The molecule has 8 saturated carbocycles. The van der Waals surface area contributed by atoms with Gasteiger partial charge in [0.25, 0.3) is 0 Å². The molecule has 64 heavy (non-hydrogen) atoms. The van der Waals surface area contributed by atoms with E-state index in [9.17, 15) is 9.59 Å². The van der Waals surface area contributed by atoms with Crippen molar-refractivity contribution < 1.29 is 28.7 Å². The van der Waals surface area contributed by atoms with Crippen LogP contribution in [0.4, 0.5) is 0 Å². The maximum Gasteiger partial charge on any atom is 0.331 e. The monoisotopic (exact) mass is 885 g/mol. The largest absolute Gasteiger partial charge is 0.459 e. The van der Waals surface area contributed by atoms with Crippen molar-refractivity contribution in [2.45, 2.75) is 195 Å². The molecule has 0 radical (unpaired) electrons. The Morgan fingerprint density at radius 1 is 0.500 bits per heavy atom. The van der Waals surface area contributed by atoms with Crippen LogP contribution < -0.4 is 10.6 Å². The number of esters is 2. The Labute approximate surface area is 385 Å². The molecule has 4 unspecified atom stereocenters. The van der Waals surface area contributed by atoms with E-state index < -0.39 is 11.9 Å². The van der Waals surface area contributed by atoms with Gasteiger partial charge in [-0.25, -0.2) is 9.59 Å². The molecule has 10 nitrogen and oxygen atoms in total. The summed E-state index contributed by atoms with van der Waals surface area (Å²) >= 11 is 0. The maximum absolute atomic E-state index is 13.5. The smallest absolute Gasteiger partial charge is 0.331 e. The molecule has 0 aromatic rings. The summed E-state index contributed by atoms with van der Waals surface area (Å²) in [5, 5.41) is 16.5. The highest BCUT2D eigenvalue weighted by Gasteiger charge is 2.65. The Bertz CT molecular complexity index is 1750. The third-order valence-electron chi connectivity index (χ3n) is 22.1. The van der Waals surface area contributed by atoms with Gasteiger partial charge in [-0.15, -0.1) is 0 Å². The second kappa shape index (κ2) is 16.6. The molecule has 356 valence electrons. The summed E-state index contributed by atoms with van der Waals surface area (Å²) in [5.41, 5.74) is 3.08. The molecule has 2 N–H and O–H groups in total. The zero-order valence-corrected chi connectivity index (χ0v) is 41.0. The number of oxime groups is 2. The van der Waals surface area contributed by atoms with Gasteiger partial charge in [-0.3, -0.25) is 0 Å². The fourth-order valence-electron chi connectivity index (χ4n) is 18.6. The van der Waals surface area contributed by atoms with Crippen LogP contribution in [0.25, 0.3) is 0 Å². The number of carbonyl (C=O) groups is 2. The van der Waals surface area contributed by atoms with E-state index in [1.165, 1.54) is 74.9 Å². The van der Waals surface area contributed by atoms with E-state index >= 15 is 0 Å². The molecule has 8 aliphatic carbocycles. The van der Waals surface area contributed by atoms with E-state index in [1.807, 2.05) is 0 Å². The van der Waals surface area contributed by atoms with E-state index in [4.69, 9.17) is 29.5 Å². The Morgan fingerprint density at radius 2 is 0.906 bits per heavy atom. The minimum atomic E-state index is -0.398. The minimum absolute atomic E-state index is 0.0249. The third-order valence-corrected chi connectivity index (χ3v) is 22.1. The van der Waals surface area contributed by atoms with Crippen LogP contribution in [0.5, 0.6) is 0 Å². The van der Waals surface area contributed by atoms with Gasteiger partial charge in [-0.2, -0.15) is 0 Å². The summed E-state index contributed by atoms with van der Waals surface area (Å²) in [5.74, 6) is 4.21. The number of nitrogens with zero attached hydrogens (tertiary/aromatic N) is 2. The van der Waals surface area contributed by atoms with Gasteiger partial charge in [-0.1, -0.05) is 65.7 Å². The predicted molar refractivity (Wildman–Crippen MR) is 250 cm³/mol. The van der Waals surface area contributed by atoms with E-state index in [-0.39, 0.29) is 56.9 Å². The fourth-order valence-corrected chi connectivity index (χ4v) is 18.6. The molecule has 10 rings (SSSR count). The molecule has 16 atom stereocenters. The first kappa shape index (κ1) is 45.3. The molecule has 10 heteroatoms. The standard InChI is InChI=1S/C54H84N4O6/c1-49(2)41-13-9-35-37-11-15-45(53(37,7)25-19-39(35)51(41,5)27-21-43(49)57-63-33-23-29-55-31-33)61-47(59)17-18-48(60)62-46-16-12-38-36-10-14-42-50(3,4)44(58-64-34-24-30-56-32-34)22-28-52(42,6)40(36)20-26-54(38,46)8/h17-18,33-42,45-46,55-56H,9-16,19-32H2,1-8H3/b18-17+,57-43+,58-44+/t33-,34-,35+,36+,37+,38+,39-,40-,41?,42?,45?,46?,51-,52-,53+,54+/m1/s1. The average molecular weight is 885 g/mol. The second-order valence-electron chi connectivity index (χ2n) is 25.4. The molecular weight excluding hydrogens is 801 g/mol. The normalized spacial score (nSPS) is 49.0. The number of hydrogen-bond donors (Lipinski definition) is 2. The van der Waals surface area contributed by atoms with E-state index in [1.54, 1.807) is 0 Å². The summed E-state index contributed by atoms with van der Waals surface area (Å²) in [4.78, 5) is 39.2. The molecular formula is C54H84N4O6. The van der Waals surface area contributed by atoms with Crippen molar-refractivity contribution in [3.05, 3.63) is 12.2 Å². The Hall–Kier alpha value is -2.46. The van der Waals surface area contributed by atoms with Crippen molar-refractivity contribution in [1.29, 1.82) is 0 Å². The molecule has 2 heterocycles. The number of hydrogen-bond acceptors (Lipinski definition) is 10. The lowest BCUT2D eigenvalue weighted by atomic mass is 9.41. The van der Waals surface area contributed by atoms with Gasteiger partial charge >= 0.3 is 11.9 Å². The minimum Gasteiger partial charge on any atom is -0.459 e. The Balaban J connectivity index is 0.729. The van der Waals surface area contributed by atoms with Crippen LogP contribution in [0.15, 0.2) is 22.5 Å². The summed E-state index contributed by atoms with van der Waals surface area (Å²) in [6, 6.07) is 0. The van der Waals surface area contributed by atoms with E-state index in [2.05, 4.69) is 66.0 Å². The number of nitrogens with one attached hydrogen (secondary N) is 2. The summed E-state index contributed by atoms with van der Waals surface area (Å²) in [6.07, 6.45) is 22.9. The van der Waals surface area contributed by atoms with E-state index in [0.717, 1.165) is 90.4 Å². The van der Waals surface area contributed by atoms with Crippen molar-refractivity contribution in [3.63, 3.8) is 0 Å². The lowest BCUT2D eigenvalue weighted by molar-refractivity contribution is -0.162. The number of ether oxygens (including phenoxy) is 2. The van der Waals surface area contributed by atoms with Crippen LogP contribution in [0.2, 0.25) is 0 Å². The summed E-state index contributed by atoms with van der Waals surface area (Å²) in [6.45, 7) is 23.6. The van der Waals surface area contributed by atoms with E-state index in [0.29, 0.717) is 47.3 Å². The topological polar surface area (TPSA) is 120 Å². The number of fused-ring (bicyclic) bond motifs is 10. The molecule has 0 aromatic carbocycles. The molecule has 10 fully saturated rings. The quantitative estimate of drug-likeness (QED) is 0.141. The van der Waals surface area contributed by atoms with Crippen LogP contribution in [0.3, 0.4) is 0 Å². The van der Waals surface area contributed by atoms with Crippen molar-refractivity contribution in [3.8, 4) is 0 Å². The van der Waals surface area contributed by atoms with Gasteiger partial charge in [0.2, 0.25) is 0 Å². The zero-order chi connectivity index (χ0) is 44.9.